The van der Waals surface area contributed by atoms with Gasteiger partial charge in [0.25, 0.3) is 0 Å². The molecule has 0 aliphatic carbocycles. The van der Waals surface area contributed by atoms with Gasteiger partial charge in [0.05, 0.1) is 0 Å². The second kappa shape index (κ2) is 7.28. The van der Waals surface area contributed by atoms with Crippen molar-refractivity contribution < 1.29 is 0 Å². The van der Waals surface area contributed by atoms with Crippen LogP contribution in [0.4, 0.5) is 0 Å². The van der Waals surface area contributed by atoms with Gasteiger partial charge in [-0.15, -0.1) is 0 Å². The second-order valence-electron chi connectivity index (χ2n) is 2.34. The number of aliphatic imine (C=N–C) groups is 2. The van der Waals surface area contributed by atoms with Gasteiger partial charge < -0.3 is 5.32 Å². The number of hydrogen-bond donors (Lipinski definition) is 1. The molecule has 0 bridgehead atoms. The number of rotatable bonds is 3. The average molecular weight is 179 g/mol. The fraction of sp³-hybridized carbons (Fsp3) is 0.400. The minimum absolute atomic E-state index is 0.623. The molecular formula is C10H17N3. The highest BCUT2D eigenvalue weighted by molar-refractivity contribution is 5.88. The van der Waals surface area contributed by atoms with Crippen LogP contribution in [-0.2, 0) is 0 Å². The van der Waals surface area contributed by atoms with Gasteiger partial charge in [-0.25, -0.2) is 4.99 Å². The molecule has 3 heteroatoms. The van der Waals surface area contributed by atoms with Gasteiger partial charge in [0.2, 0.25) is 5.96 Å². The molecule has 0 amide bonds. The van der Waals surface area contributed by atoms with E-state index in [4.69, 9.17) is 0 Å². The van der Waals surface area contributed by atoms with E-state index in [1.807, 2.05) is 13.0 Å². The van der Waals surface area contributed by atoms with Crippen molar-refractivity contribution in [1.82, 2.24) is 5.32 Å². The van der Waals surface area contributed by atoms with Crippen LogP contribution in [0.25, 0.3) is 0 Å². The first-order valence-corrected chi connectivity index (χ1v) is 4.32. The van der Waals surface area contributed by atoms with Gasteiger partial charge in [-0.05, 0) is 19.4 Å². The zero-order chi connectivity index (χ0) is 10.1. The Morgan fingerprint density at radius 1 is 1.54 bits per heavy atom. The van der Waals surface area contributed by atoms with Crippen molar-refractivity contribution in [2.75, 3.05) is 7.05 Å². The standard InChI is InChI=1S/C10H17N3/c1-5-8-9(6-2)13-10(11-4)12-7-3/h5,7-8H,1,6H2,2-4H3,(H,11,13)/b9-8+,12-7?. The molecule has 0 saturated carbocycles. The number of guanidine groups is 1. The molecule has 0 spiro atoms. The molecule has 13 heavy (non-hydrogen) atoms. The third-order valence-corrected chi connectivity index (χ3v) is 1.44. The van der Waals surface area contributed by atoms with E-state index in [-0.39, 0.29) is 0 Å². The van der Waals surface area contributed by atoms with E-state index in [0.29, 0.717) is 5.96 Å². The molecule has 0 rings (SSSR count). The molecule has 0 saturated heterocycles. The molecular weight excluding hydrogens is 162 g/mol. The summed E-state index contributed by atoms with van der Waals surface area (Å²) in [5.41, 5.74) is 1.06. The lowest BCUT2D eigenvalue weighted by molar-refractivity contribution is 0.966. The van der Waals surface area contributed by atoms with Crippen LogP contribution in [0, 0.1) is 0 Å². The van der Waals surface area contributed by atoms with E-state index in [2.05, 4.69) is 28.8 Å². The summed E-state index contributed by atoms with van der Waals surface area (Å²) in [6.07, 6.45) is 6.27. The van der Waals surface area contributed by atoms with Crippen LogP contribution in [-0.4, -0.2) is 19.2 Å². The van der Waals surface area contributed by atoms with E-state index < -0.39 is 0 Å². The quantitative estimate of drug-likeness (QED) is 0.402. The van der Waals surface area contributed by atoms with Crippen molar-refractivity contribution in [1.29, 1.82) is 0 Å². The van der Waals surface area contributed by atoms with Gasteiger partial charge >= 0.3 is 0 Å². The van der Waals surface area contributed by atoms with Crippen LogP contribution >= 0.6 is 0 Å². The molecule has 0 aliphatic rings. The predicted molar refractivity (Wildman–Crippen MR) is 59.2 cm³/mol. The average Bonchev–Trinajstić information content (AvgIpc) is 2.16. The third-order valence-electron chi connectivity index (χ3n) is 1.44. The summed E-state index contributed by atoms with van der Waals surface area (Å²) in [7, 11) is 1.70. The fourth-order valence-corrected chi connectivity index (χ4v) is 0.802. The van der Waals surface area contributed by atoms with E-state index in [1.165, 1.54) is 0 Å². The van der Waals surface area contributed by atoms with E-state index in [9.17, 15) is 0 Å². The molecule has 0 aliphatic heterocycles. The van der Waals surface area contributed by atoms with Crippen molar-refractivity contribution >= 4 is 12.2 Å². The third kappa shape index (κ3) is 4.95. The minimum atomic E-state index is 0.623. The van der Waals surface area contributed by atoms with Crippen LogP contribution in [0.15, 0.2) is 34.4 Å². The smallest absolute Gasteiger partial charge is 0.221 e. The highest BCUT2D eigenvalue weighted by atomic mass is 15.1. The summed E-state index contributed by atoms with van der Waals surface area (Å²) in [6.45, 7) is 7.55. The molecule has 0 unspecified atom stereocenters. The highest BCUT2D eigenvalue weighted by Gasteiger charge is 1.95. The van der Waals surface area contributed by atoms with Crippen molar-refractivity contribution in [2.45, 2.75) is 20.3 Å². The van der Waals surface area contributed by atoms with E-state index >= 15 is 0 Å². The van der Waals surface area contributed by atoms with E-state index in [0.717, 1.165) is 12.1 Å². The molecule has 0 aromatic rings. The van der Waals surface area contributed by atoms with Gasteiger partial charge in [0.1, 0.15) is 0 Å². The summed E-state index contributed by atoms with van der Waals surface area (Å²) in [6, 6.07) is 0. The molecule has 0 aromatic heterocycles. The molecule has 0 radical (unpaired) electrons. The lowest BCUT2D eigenvalue weighted by atomic mass is 10.3. The highest BCUT2D eigenvalue weighted by Crippen LogP contribution is 1.96. The lowest BCUT2D eigenvalue weighted by Crippen LogP contribution is -2.20. The van der Waals surface area contributed by atoms with Crippen molar-refractivity contribution in [3.8, 4) is 0 Å². The summed E-state index contributed by atoms with van der Waals surface area (Å²) in [4.78, 5) is 8.03. The van der Waals surface area contributed by atoms with E-state index in [1.54, 1.807) is 19.3 Å². The summed E-state index contributed by atoms with van der Waals surface area (Å²) in [5.74, 6) is 0.623. The largest absolute Gasteiger partial charge is 0.328 e. The van der Waals surface area contributed by atoms with Gasteiger partial charge in [0.15, 0.2) is 0 Å². The Morgan fingerprint density at radius 2 is 2.23 bits per heavy atom. The number of nitrogens with zero attached hydrogens (tertiary/aromatic N) is 2. The Kier molecular flexibility index (Phi) is 6.51. The maximum Gasteiger partial charge on any atom is 0.221 e. The molecule has 3 nitrogen and oxygen atoms in total. The lowest BCUT2D eigenvalue weighted by Gasteiger charge is -2.06. The van der Waals surface area contributed by atoms with Gasteiger partial charge in [0, 0.05) is 19.0 Å². The first-order valence-electron chi connectivity index (χ1n) is 4.32. The topological polar surface area (TPSA) is 36.8 Å². The van der Waals surface area contributed by atoms with Crippen LogP contribution < -0.4 is 5.32 Å². The maximum absolute atomic E-state index is 4.05. The maximum atomic E-state index is 4.05. The van der Waals surface area contributed by atoms with Crippen LogP contribution in [0.5, 0.6) is 0 Å². The number of nitrogens with one attached hydrogen (secondary N) is 1. The summed E-state index contributed by atoms with van der Waals surface area (Å²) in [5, 5.41) is 3.10. The fourth-order valence-electron chi connectivity index (χ4n) is 0.802. The Morgan fingerprint density at radius 3 is 2.62 bits per heavy atom. The van der Waals surface area contributed by atoms with Crippen molar-refractivity contribution in [3.05, 3.63) is 24.4 Å². The SMILES string of the molecule is C=C/C=C(\CC)NC(N=CC)=NC. The first kappa shape index (κ1) is 11.6. The van der Waals surface area contributed by atoms with Crippen LogP contribution in [0.3, 0.4) is 0 Å². The molecule has 72 valence electrons. The zero-order valence-corrected chi connectivity index (χ0v) is 8.54. The van der Waals surface area contributed by atoms with Crippen molar-refractivity contribution in [2.24, 2.45) is 9.98 Å². The number of hydrogen-bond acceptors (Lipinski definition) is 1. The zero-order valence-electron chi connectivity index (χ0n) is 8.54. The molecule has 0 heterocycles. The predicted octanol–water partition coefficient (Wildman–Crippen LogP) is 2.13. The molecule has 0 aromatic carbocycles. The Hall–Kier alpha value is -1.38. The number of allylic oxidation sites excluding steroid dienone is 3. The Balaban J connectivity index is 4.37. The Labute approximate surface area is 80.0 Å². The van der Waals surface area contributed by atoms with Gasteiger partial charge in [-0.2, -0.15) is 0 Å². The Bertz CT molecular complexity index is 237. The second-order valence-corrected chi connectivity index (χ2v) is 2.34. The molecule has 0 atom stereocenters. The van der Waals surface area contributed by atoms with Crippen molar-refractivity contribution in [3.63, 3.8) is 0 Å². The van der Waals surface area contributed by atoms with Gasteiger partial charge in [-0.1, -0.05) is 19.6 Å². The first-order chi connectivity index (χ1) is 6.28. The van der Waals surface area contributed by atoms with Crippen LogP contribution in [0.2, 0.25) is 0 Å². The summed E-state index contributed by atoms with van der Waals surface area (Å²) >= 11 is 0. The normalized spacial score (nSPS) is 13.5. The minimum Gasteiger partial charge on any atom is -0.328 e. The molecule has 0 fully saturated rings. The van der Waals surface area contributed by atoms with Crippen LogP contribution in [0.1, 0.15) is 20.3 Å². The molecule has 1 N–H and O–H groups in total. The summed E-state index contributed by atoms with van der Waals surface area (Å²) < 4.78 is 0. The monoisotopic (exact) mass is 179 g/mol. The van der Waals surface area contributed by atoms with Gasteiger partial charge in [-0.3, -0.25) is 4.99 Å².